The van der Waals surface area contributed by atoms with Crippen molar-refractivity contribution in [3.63, 3.8) is 0 Å². The number of amides is 1. The van der Waals surface area contributed by atoms with E-state index < -0.39 is 33.3 Å². The zero-order valence-corrected chi connectivity index (χ0v) is 29.7. The van der Waals surface area contributed by atoms with Gasteiger partial charge in [-0.1, -0.05) is 30.7 Å². The molecule has 0 aliphatic carbocycles. The fourth-order valence-corrected chi connectivity index (χ4v) is 9.24. The van der Waals surface area contributed by atoms with Crippen molar-refractivity contribution < 1.29 is 31.5 Å². The number of hydrogen-bond acceptors (Lipinski definition) is 10. The standard InChI is InChI=1S/C36H39ClFN5O6S/c1-4-40-15-17-41(18-16-40)23-24-7-12-27(33(20-24)48-3)36(42-14-5-6-31(42)34-39-13-19-49-34)28-21-29(37)30(38)22-32(28)43(35(36)44)50(45,46)26-10-8-25(47-2)9-11-26/h7-13,19-22,31H,4-6,14-18,23H2,1-3H3. The Kier molecular flexibility index (Phi) is 9.37. The van der Waals surface area contributed by atoms with E-state index in [1.165, 1.54) is 57.0 Å². The Bertz CT molecular complexity index is 1990. The van der Waals surface area contributed by atoms with Crippen LogP contribution in [0.15, 0.2) is 76.4 Å². The number of anilines is 1. The van der Waals surface area contributed by atoms with Gasteiger partial charge in [0.1, 0.15) is 23.6 Å². The van der Waals surface area contributed by atoms with Crippen molar-refractivity contribution in [2.45, 2.75) is 42.8 Å². The summed E-state index contributed by atoms with van der Waals surface area (Å²) in [5.41, 5.74) is -0.364. The van der Waals surface area contributed by atoms with Crippen LogP contribution in [0.4, 0.5) is 10.1 Å². The second-order valence-corrected chi connectivity index (χ2v) is 14.9. The Hall–Kier alpha value is -4.01. The van der Waals surface area contributed by atoms with Gasteiger partial charge in [-0.25, -0.2) is 22.1 Å². The number of methoxy groups -OCH3 is 2. The summed E-state index contributed by atoms with van der Waals surface area (Å²) in [6, 6.07) is 13.2. The lowest BCUT2D eigenvalue weighted by Crippen LogP contribution is -2.54. The van der Waals surface area contributed by atoms with Gasteiger partial charge in [0.05, 0.1) is 42.1 Å². The van der Waals surface area contributed by atoms with E-state index in [0.29, 0.717) is 53.2 Å². The van der Waals surface area contributed by atoms with Crippen molar-refractivity contribution in [3.8, 4) is 11.5 Å². The zero-order valence-electron chi connectivity index (χ0n) is 28.1. The van der Waals surface area contributed by atoms with Gasteiger partial charge in [0.15, 0.2) is 5.54 Å². The lowest BCUT2D eigenvalue weighted by Gasteiger charge is -2.41. The highest BCUT2D eigenvalue weighted by Gasteiger charge is 2.63. The third-order valence-corrected chi connectivity index (χ3v) is 12.1. The molecule has 1 aromatic heterocycles. The second-order valence-electron chi connectivity index (χ2n) is 12.7. The highest BCUT2D eigenvalue weighted by atomic mass is 35.5. The van der Waals surface area contributed by atoms with Gasteiger partial charge >= 0.3 is 0 Å². The third kappa shape index (κ3) is 5.65. The van der Waals surface area contributed by atoms with E-state index >= 15 is 9.18 Å². The minimum Gasteiger partial charge on any atom is -0.497 e. The summed E-state index contributed by atoms with van der Waals surface area (Å²) in [7, 11) is -1.60. The molecule has 3 aliphatic rings. The summed E-state index contributed by atoms with van der Waals surface area (Å²) >= 11 is 6.48. The SMILES string of the molecule is CCN1CCN(Cc2ccc(C3(N4CCCC4c4ncco4)C(=O)N(S(=O)(=O)c4ccc(OC)cc4)c4cc(F)c(Cl)cc43)c(OC)c2)CC1. The van der Waals surface area contributed by atoms with Crippen molar-refractivity contribution >= 4 is 33.2 Å². The quantitative estimate of drug-likeness (QED) is 0.210. The Morgan fingerprint density at radius 1 is 0.980 bits per heavy atom. The van der Waals surface area contributed by atoms with Crippen LogP contribution >= 0.6 is 11.6 Å². The molecule has 4 heterocycles. The maximum Gasteiger partial charge on any atom is 0.271 e. The van der Waals surface area contributed by atoms with Gasteiger partial charge in [-0.05, 0) is 61.3 Å². The number of carbonyl (C=O) groups is 1. The number of hydrogen-bond donors (Lipinski definition) is 0. The number of sulfonamides is 1. The first kappa shape index (κ1) is 34.4. The van der Waals surface area contributed by atoms with Crippen molar-refractivity contribution in [1.82, 2.24) is 19.7 Å². The molecule has 1 amide bonds. The largest absolute Gasteiger partial charge is 0.497 e. The fraction of sp³-hybridized carbons (Fsp3) is 0.389. The van der Waals surface area contributed by atoms with E-state index in [9.17, 15) is 8.42 Å². The molecule has 2 atom stereocenters. The molecule has 14 heteroatoms. The van der Waals surface area contributed by atoms with Gasteiger partial charge in [-0.2, -0.15) is 0 Å². The van der Waals surface area contributed by atoms with Gasteiger partial charge < -0.3 is 18.8 Å². The molecule has 7 rings (SSSR count). The highest BCUT2D eigenvalue weighted by molar-refractivity contribution is 7.93. The predicted molar refractivity (Wildman–Crippen MR) is 185 cm³/mol. The van der Waals surface area contributed by atoms with E-state index in [2.05, 4.69) is 21.7 Å². The highest BCUT2D eigenvalue weighted by Crippen LogP contribution is 2.57. The normalized spacial score (nSPS) is 21.9. The average Bonchev–Trinajstić information content (AvgIpc) is 3.88. The molecular formula is C36H39ClFN5O6S. The van der Waals surface area contributed by atoms with Crippen LogP contribution in [0.2, 0.25) is 5.02 Å². The van der Waals surface area contributed by atoms with Crippen LogP contribution in [-0.4, -0.2) is 87.5 Å². The first-order chi connectivity index (χ1) is 24.1. The number of aromatic nitrogens is 1. The van der Waals surface area contributed by atoms with Crippen LogP contribution < -0.4 is 13.8 Å². The average molecular weight is 724 g/mol. The molecule has 0 saturated carbocycles. The van der Waals surface area contributed by atoms with Crippen LogP contribution in [-0.2, 0) is 26.9 Å². The van der Waals surface area contributed by atoms with Gasteiger partial charge in [0.25, 0.3) is 15.9 Å². The maximum absolute atomic E-state index is 15.5. The number of fused-ring (bicyclic) bond motifs is 1. The summed E-state index contributed by atoms with van der Waals surface area (Å²) < 4.78 is 62.3. The van der Waals surface area contributed by atoms with E-state index in [1.807, 2.05) is 23.1 Å². The molecule has 0 N–H and O–H groups in total. The van der Waals surface area contributed by atoms with Crippen LogP contribution in [0, 0.1) is 5.82 Å². The Labute approximate surface area is 296 Å². The topological polar surface area (TPSA) is 109 Å². The predicted octanol–water partition coefficient (Wildman–Crippen LogP) is 5.44. The van der Waals surface area contributed by atoms with Crippen LogP contribution in [0.3, 0.4) is 0 Å². The van der Waals surface area contributed by atoms with Crippen LogP contribution in [0.25, 0.3) is 0 Å². The number of rotatable bonds is 10. The maximum atomic E-state index is 15.5. The minimum absolute atomic E-state index is 0.134. The molecular weight excluding hydrogens is 685 g/mol. The van der Waals surface area contributed by atoms with Crippen molar-refractivity contribution in [2.24, 2.45) is 0 Å². The van der Waals surface area contributed by atoms with Gasteiger partial charge in [0, 0.05) is 56.5 Å². The molecule has 3 aliphatic heterocycles. The Balaban J connectivity index is 1.43. The molecule has 4 aromatic rings. The second kappa shape index (κ2) is 13.6. The molecule has 50 heavy (non-hydrogen) atoms. The van der Waals surface area contributed by atoms with Gasteiger partial charge in [0.2, 0.25) is 5.89 Å². The van der Waals surface area contributed by atoms with E-state index in [1.54, 1.807) is 0 Å². The molecule has 2 fully saturated rings. The first-order valence-corrected chi connectivity index (χ1v) is 18.5. The Morgan fingerprint density at radius 3 is 2.38 bits per heavy atom. The number of likely N-dealkylation sites (tertiary alicyclic amines) is 1. The smallest absolute Gasteiger partial charge is 0.271 e. The molecule has 11 nitrogen and oxygen atoms in total. The lowest BCUT2D eigenvalue weighted by atomic mass is 9.80. The van der Waals surface area contributed by atoms with E-state index in [4.69, 9.17) is 25.5 Å². The number of likely N-dealkylation sites (N-methyl/N-ethyl adjacent to an activating group) is 1. The van der Waals surface area contributed by atoms with Crippen molar-refractivity contribution in [1.29, 1.82) is 0 Å². The monoisotopic (exact) mass is 723 g/mol. The number of ether oxygens (including phenoxy) is 2. The molecule has 0 spiro atoms. The third-order valence-electron chi connectivity index (χ3n) is 10.1. The van der Waals surface area contributed by atoms with E-state index in [-0.39, 0.29) is 21.2 Å². The molecule has 0 bridgehead atoms. The van der Waals surface area contributed by atoms with Crippen molar-refractivity contribution in [3.05, 3.63) is 100 Å². The molecule has 264 valence electrons. The van der Waals surface area contributed by atoms with Crippen LogP contribution in [0.1, 0.15) is 48.4 Å². The summed E-state index contributed by atoms with van der Waals surface area (Å²) in [5, 5.41) is -0.252. The number of carbonyl (C=O) groups excluding carboxylic acids is 1. The Morgan fingerprint density at radius 2 is 1.72 bits per heavy atom. The number of nitrogens with zero attached hydrogens (tertiary/aromatic N) is 5. The van der Waals surface area contributed by atoms with Crippen LogP contribution in [0.5, 0.6) is 11.5 Å². The lowest BCUT2D eigenvalue weighted by molar-refractivity contribution is -0.127. The summed E-state index contributed by atoms with van der Waals surface area (Å²) in [6.07, 6.45) is 4.23. The number of oxazole rings is 1. The molecule has 0 radical (unpaired) electrons. The minimum atomic E-state index is -4.59. The number of piperazine rings is 1. The fourth-order valence-electron chi connectivity index (χ4n) is 7.63. The first-order valence-electron chi connectivity index (χ1n) is 16.6. The van der Waals surface area contributed by atoms with Gasteiger partial charge in [-0.15, -0.1) is 0 Å². The molecule has 2 unspecified atom stereocenters. The molecule has 2 saturated heterocycles. The number of benzene rings is 3. The summed E-state index contributed by atoms with van der Waals surface area (Å²) in [4.78, 5) is 26.4. The summed E-state index contributed by atoms with van der Waals surface area (Å²) in [5.74, 6) is -0.476. The van der Waals surface area contributed by atoms with E-state index in [0.717, 1.165) is 44.4 Å². The zero-order chi connectivity index (χ0) is 35.2. The van der Waals surface area contributed by atoms with Gasteiger partial charge in [-0.3, -0.25) is 14.6 Å². The summed E-state index contributed by atoms with van der Waals surface area (Å²) in [6.45, 7) is 8.01. The number of halogens is 2. The van der Waals surface area contributed by atoms with Crippen molar-refractivity contribution in [2.75, 3.05) is 57.8 Å². The molecule has 3 aromatic carbocycles.